The van der Waals surface area contributed by atoms with E-state index in [0.29, 0.717) is 6.54 Å². The molecule has 1 heterocycles. The number of hydrogen-bond acceptors (Lipinski definition) is 3. The van der Waals surface area contributed by atoms with Crippen LogP contribution in [0.1, 0.15) is 20.3 Å². The summed E-state index contributed by atoms with van der Waals surface area (Å²) in [4.78, 5) is 15.7. The molecule has 1 aromatic rings. The number of anilines is 1. The zero-order valence-corrected chi connectivity index (χ0v) is 14.4. The molecule has 1 aliphatic heterocycles. The van der Waals surface area contributed by atoms with Crippen LogP contribution in [0, 0.1) is 5.82 Å². The van der Waals surface area contributed by atoms with Gasteiger partial charge in [-0.1, -0.05) is 11.6 Å². The third-order valence-electron chi connectivity index (χ3n) is 3.75. The number of amides is 2. The van der Waals surface area contributed by atoms with E-state index in [1.165, 1.54) is 11.0 Å². The van der Waals surface area contributed by atoms with Crippen LogP contribution in [0.15, 0.2) is 18.2 Å². The molecule has 0 saturated carbocycles. The van der Waals surface area contributed by atoms with E-state index in [9.17, 15) is 14.3 Å². The molecule has 7 heteroatoms. The second-order valence-corrected chi connectivity index (χ2v) is 7.06. The minimum Gasteiger partial charge on any atom is -0.389 e. The van der Waals surface area contributed by atoms with E-state index in [4.69, 9.17) is 11.6 Å². The molecule has 0 aliphatic carbocycles. The fourth-order valence-electron chi connectivity index (χ4n) is 2.73. The van der Waals surface area contributed by atoms with E-state index in [1.54, 1.807) is 33.0 Å². The Hall–Kier alpha value is -1.53. The van der Waals surface area contributed by atoms with Gasteiger partial charge < -0.3 is 20.2 Å². The fraction of sp³-hybridized carbons (Fsp3) is 0.562. The summed E-state index contributed by atoms with van der Waals surface area (Å²) >= 11 is 5.81. The molecule has 1 aliphatic rings. The Morgan fingerprint density at radius 2 is 2.26 bits per heavy atom. The minimum atomic E-state index is -0.932. The average Bonchev–Trinajstić information content (AvgIpc) is 2.88. The van der Waals surface area contributed by atoms with Gasteiger partial charge in [0.05, 0.1) is 17.2 Å². The Balaban J connectivity index is 1.90. The number of rotatable bonds is 4. The summed E-state index contributed by atoms with van der Waals surface area (Å²) in [5, 5.41) is 12.8. The maximum absolute atomic E-state index is 13.2. The van der Waals surface area contributed by atoms with E-state index < -0.39 is 11.4 Å². The number of carbonyl (C=O) groups is 1. The minimum absolute atomic E-state index is 0.00980. The van der Waals surface area contributed by atoms with E-state index in [-0.39, 0.29) is 23.6 Å². The van der Waals surface area contributed by atoms with Gasteiger partial charge in [0.15, 0.2) is 0 Å². The van der Waals surface area contributed by atoms with Crippen LogP contribution in [0.5, 0.6) is 0 Å². The molecule has 2 rings (SSSR count). The first-order valence-corrected chi connectivity index (χ1v) is 7.97. The maximum Gasteiger partial charge on any atom is 0.317 e. The standard InChI is InChI=1S/C16H23ClFN3O2/c1-16(2,23)10-20(3)15(22)19-11-6-7-21(9-11)12-4-5-14(18)13(17)8-12/h4-5,8,11,23H,6-7,9-10H2,1-3H3,(H,19,22). The Bertz CT molecular complexity index is 577. The Morgan fingerprint density at radius 1 is 1.57 bits per heavy atom. The van der Waals surface area contributed by atoms with Gasteiger partial charge in [-0.05, 0) is 38.5 Å². The lowest BCUT2D eigenvalue weighted by Gasteiger charge is -2.27. The van der Waals surface area contributed by atoms with Crippen molar-refractivity contribution in [3.05, 3.63) is 29.0 Å². The fourth-order valence-corrected chi connectivity index (χ4v) is 2.91. The van der Waals surface area contributed by atoms with Crippen molar-refractivity contribution < 1.29 is 14.3 Å². The molecule has 0 bridgehead atoms. The number of likely N-dealkylation sites (N-methyl/N-ethyl adjacent to an activating group) is 1. The average molecular weight is 344 g/mol. The summed E-state index contributed by atoms with van der Waals surface area (Å²) < 4.78 is 13.2. The predicted molar refractivity (Wildman–Crippen MR) is 89.5 cm³/mol. The normalized spacial score (nSPS) is 18.2. The first-order chi connectivity index (χ1) is 10.7. The Morgan fingerprint density at radius 3 is 2.87 bits per heavy atom. The summed E-state index contributed by atoms with van der Waals surface area (Å²) in [7, 11) is 1.65. The van der Waals surface area contributed by atoms with Crippen LogP contribution in [-0.2, 0) is 0 Å². The van der Waals surface area contributed by atoms with Crippen molar-refractivity contribution in [3.8, 4) is 0 Å². The van der Waals surface area contributed by atoms with Crippen LogP contribution in [0.3, 0.4) is 0 Å². The number of halogens is 2. The van der Waals surface area contributed by atoms with Crippen LogP contribution < -0.4 is 10.2 Å². The Labute approximate surface area is 141 Å². The van der Waals surface area contributed by atoms with Crippen molar-refractivity contribution in [2.75, 3.05) is 31.6 Å². The van der Waals surface area contributed by atoms with Gasteiger partial charge in [0.2, 0.25) is 0 Å². The lowest BCUT2D eigenvalue weighted by atomic mass is 10.1. The molecule has 1 unspecified atom stereocenters. The van der Waals surface area contributed by atoms with Crippen LogP contribution in [-0.4, -0.2) is 54.4 Å². The molecule has 1 aromatic carbocycles. The zero-order valence-electron chi connectivity index (χ0n) is 13.6. The lowest BCUT2D eigenvalue weighted by molar-refractivity contribution is 0.0528. The van der Waals surface area contributed by atoms with Crippen molar-refractivity contribution in [1.82, 2.24) is 10.2 Å². The van der Waals surface area contributed by atoms with Crippen molar-refractivity contribution >= 4 is 23.3 Å². The van der Waals surface area contributed by atoms with Gasteiger partial charge >= 0.3 is 6.03 Å². The molecular formula is C16H23ClFN3O2. The number of aliphatic hydroxyl groups is 1. The molecule has 2 N–H and O–H groups in total. The highest BCUT2D eigenvalue weighted by molar-refractivity contribution is 6.31. The molecular weight excluding hydrogens is 321 g/mol. The third kappa shape index (κ3) is 4.97. The van der Waals surface area contributed by atoms with Gasteiger partial charge in [0, 0.05) is 31.9 Å². The highest BCUT2D eigenvalue weighted by atomic mass is 35.5. The number of hydrogen-bond donors (Lipinski definition) is 2. The van der Waals surface area contributed by atoms with Crippen LogP contribution in [0.25, 0.3) is 0 Å². The molecule has 0 aromatic heterocycles. The zero-order chi connectivity index (χ0) is 17.2. The topological polar surface area (TPSA) is 55.8 Å². The summed E-state index contributed by atoms with van der Waals surface area (Å²) in [6.45, 7) is 4.98. The van der Waals surface area contributed by atoms with Crippen molar-refractivity contribution in [3.63, 3.8) is 0 Å². The number of carbonyl (C=O) groups excluding carboxylic acids is 1. The molecule has 1 fully saturated rings. The SMILES string of the molecule is CN(CC(C)(C)O)C(=O)NC1CCN(c2ccc(F)c(Cl)c2)C1. The van der Waals surface area contributed by atoms with Gasteiger partial charge in [0.25, 0.3) is 0 Å². The first-order valence-electron chi connectivity index (χ1n) is 7.60. The number of urea groups is 1. The molecule has 1 saturated heterocycles. The van der Waals surface area contributed by atoms with Crippen LogP contribution >= 0.6 is 11.6 Å². The maximum atomic E-state index is 13.2. The van der Waals surface area contributed by atoms with Crippen LogP contribution in [0.2, 0.25) is 5.02 Å². The number of benzene rings is 1. The van der Waals surface area contributed by atoms with Gasteiger partial charge in [-0.15, -0.1) is 0 Å². The van der Waals surface area contributed by atoms with E-state index in [1.807, 2.05) is 0 Å². The summed E-state index contributed by atoms with van der Waals surface area (Å²) in [5.74, 6) is -0.437. The van der Waals surface area contributed by atoms with E-state index >= 15 is 0 Å². The van der Waals surface area contributed by atoms with Gasteiger partial charge in [0.1, 0.15) is 5.82 Å². The van der Waals surface area contributed by atoms with Crippen molar-refractivity contribution in [1.29, 1.82) is 0 Å². The second-order valence-electron chi connectivity index (χ2n) is 6.65. The molecule has 5 nitrogen and oxygen atoms in total. The summed E-state index contributed by atoms with van der Waals surface area (Å²) in [5.41, 5.74) is -0.0865. The Kier molecular flexibility index (Phi) is 5.37. The summed E-state index contributed by atoms with van der Waals surface area (Å²) in [6.07, 6.45) is 0.803. The first kappa shape index (κ1) is 17.8. The van der Waals surface area contributed by atoms with E-state index in [0.717, 1.165) is 18.7 Å². The van der Waals surface area contributed by atoms with Gasteiger partial charge in [-0.25, -0.2) is 9.18 Å². The molecule has 0 spiro atoms. The molecule has 2 amide bonds. The van der Waals surface area contributed by atoms with Gasteiger partial charge in [-0.3, -0.25) is 0 Å². The highest BCUT2D eigenvalue weighted by Crippen LogP contribution is 2.25. The van der Waals surface area contributed by atoms with E-state index in [2.05, 4.69) is 10.2 Å². The second kappa shape index (κ2) is 6.93. The lowest BCUT2D eigenvalue weighted by Crippen LogP contribution is -2.48. The van der Waals surface area contributed by atoms with Crippen molar-refractivity contribution in [2.45, 2.75) is 31.9 Å². The monoisotopic (exact) mass is 343 g/mol. The number of nitrogens with zero attached hydrogens (tertiary/aromatic N) is 2. The molecule has 23 heavy (non-hydrogen) atoms. The third-order valence-corrected chi connectivity index (χ3v) is 4.04. The largest absolute Gasteiger partial charge is 0.389 e. The smallest absolute Gasteiger partial charge is 0.317 e. The van der Waals surface area contributed by atoms with Crippen molar-refractivity contribution in [2.24, 2.45) is 0 Å². The highest BCUT2D eigenvalue weighted by Gasteiger charge is 2.27. The predicted octanol–water partition coefficient (Wildman–Crippen LogP) is 2.47. The molecule has 0 radical (unpaired) electrons. The quantitative estimate of drug-likeness (QED) is 0.883. The van der Waals surface area contributed by atoms with Gasteiger partial charge in [-0.2, -0.15) is 0 Å². The summed E-state index contributed by atoms with van der Waals surface area (Å²) in [6, 6.07) is 4.43. The molecule has 128 valence electrons. The molecule has 1 atom stereocenters. The number of nitrogens with one attached hydrogen (secondary N) is 1. The van der Waals surface area contributed by atoms with Crippen LogP contribution in [0.4, 0.5) is 14.9 Å².